The molecule has 0 radical (unpaired) electrons. The molecule has 2 heterocycles. The predicted octanol–water partition coefficient (Wildman–Crippen LogP) is 0.445. The van der Waals surface area contributed by atoms with Crippen LogP contribution in [0, 0.1) is 0 Å². The van der Waals surface area contributed by atoms with Gasteiger partial charge in [-0.3, -0.25) is 14.5 Å². The fraction of sp³-hybridized carbons (Fsp3) is 0.316. The van der Waals surface area contributed by atoms with E-state index < -0.39 is 35.9 Å². The number of benzene rings is 1. The van der Waals surface area contributed by atoms with Crippen LogP contribution in [0.1, 0.15) is 12.5 Å². The molecule has 1 aromatic carbocycles. The van der Waals surface area contributed by atoms with Crippen molar-refractivity contribution in [1.82, 2.24) is 10.2 Å². The number of amides is 2. The molecule has 2 atom stereocenters. The molecule has 10 nitrogen and oxygen atoms in total. The minimum Gasteiger partial charge on any atom is -0.479 e. The van der Waals surface area contributed by atoms with Crippen molar-refractivity contribution in [3.63, 3.8) is 0 Å². The summed E-state index contributed by atoms with van der Waals surface area (Å²) in [5, 5.41) is 24.0. The lowest BCUT2D eigenvalue weighted by Crippen LogP contribution is -2.70. The van der Waals surface area contributed by atoms with Crippen LogP contribution in [0.15, 0.2) is 46.8 Å². The highest BCUT2D eigenvalue weighted by Crippen LogP contribution is 2.40. The van der Waals surface area contributed by atoms with Gasteiger partial charge in [-0.25, -0.2) is 9.59 Å². The average Bonchev–Trinajstić information content (AvgIpc) is 2.71. The van der Waals surface area contributed by atoms with Crippen LogP contribution in [-0.2, 0) is 30.4 Å². The molecule has 3 rings (SSSR count). The van der Waals surface area contributed by atoms with Crippen molar-refractivity contribution in [2.75, 3.05) is 12.4 Å². The molecule has 0 spiro atoms. The maximum atomic E-state index is 12.6. The summed E-state index contributed by atoms with van der Waals surface area (Å²) in [4.78, 5) is 53.0. The number of carbonyl (C=O) groups excluding carboxylic acids is 2. The third-order valence-corrected chi connectivity index (χ3v) is 5.80. The SMILES string of the molecule is C/C(=N/OCC(=O)O)C1=C(C(=O)O)N2C(=O)[C@@H](NC(=O)Cc3ccccc3)[C@H]2SC1. The highest BCUT2D eigenvalue weighted by Gasteiger charge is 2.54. The molecule has 0 aliphatic carbocycles. The van der Waals surface area contributed by atoms with Crippen LogP contribution in [0.5, 0.6) is 0 Å². The summed E-state index contributed by atoms with van der Waals surface area (Å²) in [6.45, 7) is 0.811. The van der Waals surface area contributed by atoms with Gasteiger partial charge in [-0.2, -0.15) is 0 Å². The predicted molar refractivity (Wildman–Crippen MR) is 107 cm³/mol. The van der Waals surface area contributed by atoms with E-state index in [4.69, 9.17) is 5.11 Å². The number of hydrogen-bond acceptors (Lipinski definition) is 7. The van der Waals surface area contributed by atoms with Crippen LogP contribution in [-0.4, -0.2) is 68.4 Å². The Morgan fingerprint density at radius 3 is 2.60 bits per heavy atom. The lowest BCUT2D eigenvalue weighted by Gasteiger charge is -2.49. The van der Waals surface area contributed by atoms with Crippen LogP contribution in [0.2, 0.25) is 0 Å². The molecule has 1 aromatic rings. The second-order valence-electron chi connectivity index (χ2n) is 6.59. The summed E-state index contributed by atoms with van der Waals surface area (Å²) in [5.41, 5.74) is 0.995. The van der Waals surface area contributed by atoms with Crippen molar-refractivity contribution in [3.8, 4) is 0 Å². The summed E-state index contributed by atoms with van der Waals surface area (Å²) in [6.07, 6.45) is 0.113. The van der Waals surface area contributed by atoms with E-state index in [1.807, 2.05) is 18.2 Å². The maximum absolute atomic E-state index is 12.6. The number of oxime groups is 1. The third-order valence-electron chi connectivity index (χ3n) is 4.52. The first-order valence-electron chi connectivity index (χ1n) is 8.92. The first-order chi connectivity index (χ1) is 14.3. The Bertz CT molecular complexity index is 945. The smallest absolute Gasteiger partial charge is 0.353 e. The molecule has 3 N–H and O–H groups in total. The van der Waals surface area contributed by atoms with E-state index in [1.165, 1.54) is 18.7 Å². The number of hydrogen-bond donors (Lipinski definition) is 3. The Labute approximate surface area is 175 Å². The zero-order valence-electron chi connectivity index (χ0n) is 15.9. The number of nitrogens with zero attached hydrogens (tertiary/aromatic N) is 2. The summed E-state index contributed by atoms with van der Waals surface area (Å²) >= 11 is 1.29. The molecule has 0 aromatic heterocycles. The van der Waals surface area contributed by atoms with Crippen molar-refractivity contribution in [1.29, 1.82) is 0 Å². The number of rotatable bonds is 8. The molecule has 0 bridgehead atoms. The third kappa shape index (κ3) is 4.46. The summed E-state index contributed by atoms with van der Waals surface area (Å²) in [7, 11) is 0. The Kier molecular flexibility index (Phi) is 6.40. The molecule has 30 heavy (non-hydrogen) atoms. The van der Waals surface area contributed by atoms with Crippen molar-refractivity contribution in [3.05, 3.63) is 47.2 Å². The van der Waals surface area contributed by atoms with Gasteiger partial charge in [-0.15, -0.1) is 11.8 Å². The number of β-lactam (4-membered cyclic amide) rings is 1. The topological polar surface area (TPSA) is 146 Å². The van der Waals surface area contributed by atoms with Gasteiger partial charge in [0, 0.05) is 11.3 Å². The molecule has 2 aliphatic rings. The van der Waals surface area contributed by atoms with E-state index in [1.54, 1.807) is 12.1 Å². The Balaban J connectivity index is 1.72. The highest BCUT2D eigenvalue weighted by molar-refractivity contribution is 8.00. The molecule has 2 aliphatic heterocycles. The van der Waals surface area contributed by atoms with Crippen molar-refractivity contribution >= 4 is 41.2 Å². The Hall–Kier alpha value is -3.34. The van der Waals surface area contributed by atoms with E-state index >= 15 is 0 Å². The van der Waals surface area contributed by atoms with Crippen LogP contribution in [0.25, 0.3) is 0 Å². The van der Waals surface area contributed by atoms with Crippen molar-refractivity contribution in [2.45, 2.75) is 24.8 Å². The minimum atomic E-state index is -1.31. The summed E-state index contributed by atoms with van der Waals surface area (Å²) < 4.78 is 0. The van der Waals surface area contributed by atoms with Gasteiger partial charge in [0.25, 0.3) is 5.91 Å². The zero-order valence-corrected chi connectivity index (χ0v) is 16.7. The number of nitrogens with one attached hydrogen (secondary N) is 1. The highest BCUT2D eigenvalue weighted by atomic mass is 32.2. The maximum Gasteiger partial charge on any atom is 0.353 e. The molecule has 1 fully saturated rings. The molecule has 0 unspecified atom stereocenters. The normalized spacial score (nSPS) is 20.9. The van der Waals surface area contributed by atoms with Crippen LogP contribution < -0.4 is 5.32 Å². The van der Waals surface area contributed by atoms with Gasteiger partial charge in [0.2, 0.25) is 12.5 Å². The summed E-state index contributed by atoms with van der Waals surface area (Å²) in [6, 6.07) is 8.24. The number of carboxylic acids is 2. The Morgan fingerprint density at radius 2 is 1.97 bits per heavy atom. The number of aliphatic carboxylic acids is 2. The standard InChI is InChI=1S/C19H19N3O7S/c1-10(21-29-8-14(24)25)12-9-30-18-15(17(26)22(18)16(12)19(27)28)20-13(23)7-11-5-3-2-4-6-11/h2-6,15,18H,7-9H2,1H3,(H,20,23)(H,24,25)(H,27,28)/b21-10-/t15-,18-/m1/s1. The fourth-order valence-corrected chi connectivity index (χ4v) is 4.56. The second kappa shape index (κ2) is 8.99. The minimum absolute atomic E-state index is 0.113. The quantitative estimate of drug-likeness (QED) is 0.304. The van der Waals surface area contributed by atoms with Gasteiger partial charge in [-0.05, 0) is 12.5 Å². The van der Waals surface area contributed by atoms with Crippen molar-refractivity contribution in [2.24, 2.45) is 5.16 Å². The van der Waals surface area contributed by atoms with Gasteiger partial charge in [0.1, 0.15) is 17.1 Å². The lowest BCUT2D eigenvalue weighted by atomic mass is 10.0. The Morgan fingerprint density at radius 1 is 1.27 bits per heavy atom. The zero-order chi connectivity index (χ0) is 21.8. The second-order valence-corrected chi connectivity index (χ2v) is 7.70. The van der Waals surface area contributed by atoms with Crippen LogP contribution in [0.4, 0.5) is 0 Å². The first-order valence-corrected chi connectivity index (χ1v) is 9.97. The van der Waals surface area contributed by atoms with E-state index in [0.29, 0.717) is 0 Å². The van der Waals surface area contributed by atoms with E-state index in [2.05, 4.69) is 15.3 Å². The molecule has 11 heteroatoms. The molecule has 158 valence electrons. The van der Waals surface area contributed by atoms with Crippen LogP contribution in [0.3, 0.4) is 0 Å². The molecule has 2 amide bonds. The number of fused-ring (bicyclic) bond motifs is 1. The molecule has 1 saturated heterocycles. The molecule has 0 saturated carbocycles. The number of carbonyl (C=O) groups is 4. The number of carboxylic acid groups (broad SMARTS) is 2. The van der Waals surface area contributed by atoms with Crippen LogP contribution >= 0.6 is 11.8 Å². The lowest BCUT2D eigenvalue weighted by molar-refractivity contribution is -0.150. The largest absolute Gasteiger partial charge is 0.479 e. The molecular weight excluding hydrogens is 414 g/mol. The van der Waals surface area contributed by atoms with E-state index in [-0.39, 0.29) is 35.1 Å². The van der Waals surface area contributed by atoms with E-state index in [9.17, 15) is 24.3 Å². The van der Waals surface area contributed by atoms with E-state index in [0.717, 1.165) is 10.5 Å². The van der Waals surface area contributed by atoms with Gasteiger partial charge in [-0.1, -0.05) is 35.5 Å². The monoisotopic (exact) mass is 433 g/mol. The number of thioether (sulfide) groups is 1. The fourth-order valence-electron chi connectivity index (χ4n) is 3.14. The van der Waals surface area contributed by atoms with Crippen molar-refractivity contribution < 1.29 is 34.2 Å². The van der Waals surface area contributed by atoms with Gasteiger partial charge in [0.15, 0.2) is 0 Å². The van der Waals surface area contributed by atoms with Gasteiger partial charge in [0.05, 0.1) is 12.1 Å². The van der Waals surface area contributed by atoms with Gasteiger partial charge >= 0.3 is 11.9 Å². The average molecular weight is 433 g/mol. The molecular formula is C19H19N3O7S. The van der Waals surface area contributed by atoms with Gasteiger partial charge < -0.3 is 20.4 Å². The summed E-state index contributed by atoms with van der Waals surface area (Å²) in [5.74, 6) is -3.17. The first kappa shape index (κ1) is 21.4.